The van der Waals surface area contributed by atoms with Gasteiger partial charge >= 0.3 is 0 Å². The minimum Gasteiger partial charge on any atom is -0.368 e. The largest absolute Gasteiger partial charge is 0.368 e. The zero-order valence-electron chi connectivity index (χ0n) is 17.0. The van der Waals surface area contributed by atoms with E-state index in [1.54, 1.807) is 0 Å². The molecule has 2 aliphatic heterocycles. The van der Waals surface area contributed by atoms with Gasteiger partial charge in [0, 0.05) is 51.2 Å². The van der Waals surface area contributed by atoms with Crippen LogP contribution in [0.5, 0.6) is 0 Å². The minimum atomic E-state index is 0.845. The maximum Gasteiger partial charge on any atom is 0.227 e. The molecule has 1 saturated heterocycles. The van der Waals surface area contributed by atoms with Crippen LogP contribution in [0.4, 0.5) is 17.5 Å². The van der Waals surface area contributed by atoms with Crippen molar-refractivity contribution >= 4 is 17.5 Å². The van der Waals surface area contributed by atoms with Crippen molar-refractivity contribution in [3.63, 3.8) is 0 Å². The summed E-state index contributed by atoms with van der Waals surface area (Å²) in [6, 6.07) is 19.5. The zero-order valence-corrected chi connectivity index (χ0v) is 17.0. The monoisotopic (exact) mass is 385 g/mol. The molecule has 2 aliphatic rings. The van der Waals surface area contributed by atoms with Gasteiger partial charge in [0.15, 0.2) is 0 Å². The van der Waals surface area contributed by atoms with Crippen molar-refractivity contribution in [1.82, 2.24) is 9.97 Å². The van der Waals surface area contributed by atoms with Crippen LogP contribution < -0.4 is 14.7 Å². The summed E-state index contributed by atoms with van der Waals surface area (Å²) in [7, 11) is 0. The van der Waals surface area contributed by atoms with Crippen molar-refractivity contribution in [2.24, 2.45) is 0 Å². The number of fused-ring (bicyclic) bond motifs is 1. The molecule has 0 bridgehead atoms. The van der Waals surface area contributed by atoms with Gasteiger partial charge < -0.3 is 14.7 Å². The maximum atomic E-state index is 4.93. The molecular formula is C24H27N5. The molecule has 0 spiro atoms. The average molecular weight is 386 g/mol. The van der Waals surface area contributed by atoms with Gasteiger partial charge in [0.1, 0.15) is 5.82 Å². The molecule has 0 saturated carbocycles. The van der Waals surface area contributed by atoms with Gasteiger partial charge in [-0.25, -0.2) is 4.98 Å². The number of anilines is 3. The lowest BCUT2D eigenvalue weighted by Gasteiger charge is -2.37. The van der Waals surface area contributed by atoms with Crippen LogP contribution in [0.3, 0.4) is 0 Å². The highest BCUT2D eigenvalue weighted by molar-refractivity contribution is 5.52. The van der Waals surface area contributed by atoms with Crippen LogP contribution >= 0.6 is 0 Å². The quantitative estimate of drug-likeness (QED) is 0.687. The molecular weight excluding hydrogens is 358 g/mol. The van der Waals surface area contributed by atoms with Crippen molar-refractivity contribution < 1.29 is 0 Å². The van der Waals surface area contributed by atoms with Gasteiger partial charge in [-0.15, -0.1) is 0 Å². The van der Waals surface area contributed by atoms with Crippen LogP contribution in [-0.4, -0.2) is 42.7 Å². The first-order valence-electron chi connectivity index (χ1n) is 10.5. The molecule has 0 unspecified atom stereocenters. The van der Waals surface area contributed by atoms with Crippen LogP contribution in [0.1, 0.15) is 16.7 Å². The molecule has 3 heterocycles. The van der Waals surface area contributed by atoms with E-state index in [0.29, 0.717) is 0 Å². The van der Waals surface area contributed by atoms with Crippen molar-refractivity contribution in [3.8, 4) is 0 Å². The second-order valence-corrected chi connectivity index (χ2v) is 7.97. The molecule has 0 atom stereocenters. The number of rotatable bonds is 3. The number of piperazine rings is 1. The van der Waals surface area contributed by atoms with Crippen LogP contribution in [0.25, 0.3) is 0 Å². The SMILES string of the molecule is Cc1cccc(N2CCN(c3ccnc(N4CCc5ccccc5C4)n3)CC2)c1. The Balaban J connectivity index is 1.27. The van der Waals surface area contributed by atoms with E-state index in [0.717, 1.165) is 57.5 Å². The predicted octanol–water partition coefficient (Wildman–Crippen LogP) is 3.67. The van der Waals surface area contributed by atoms with Crippen molar-refractivity contribution in [2.75, 3.05) is 47.4 Å². The molecule has 0 amide bonds. The third kappa shape index (κ3) is 3.77. The Morgan fingerprint density at radius 3 is 2.38 bits per heavy atom. The Hall–Kier alpha value is -3.08. The van der Waals surface area contributed by atoms with Gasteiger partial charge in [-0.3, -0.25) is 0 Å². The number of hydrogen-bond acceptors (Lipinski definition) is 5. The second-order valence-electron chi connectivity index (χ2n) is 7.97. The lowest BCUT2D eigenvalue weighted by molar-refractivity contribution is 0.643. The first-order chi connectivity index (χ1) is 14.3. The Morgan fingerprint density at radius 2 is 1.55 bits per heavy atom. The van der Waals surface area contributed by atoms with E-state index in [1.807, 2.05) is 12.3 Å². The first-order valence-corrected chi connectivity index (χ1v) is 10.5. The molecule has 5 heteroatoms. The van der Waals surface area contributed by atoms with E-state index in [1.165, 1.54) is 22.4 Å². The zero-order chi connectivity index (χ0) is 19.6. The van der Waals surface area contributed by atoms with E-state index in [2.05, 4.69) is 75.1 Å². The molecule has 1 aromatic heterocycles. The first kappa shape index (κ1) is 18.0. The van der Waals surface area contributed by atoms with Crippen LogP contribution in [0, 0.1) is 6.92 Å². The van der Waals surface area contributed by atoms with E-state index >= 15 is 0 Å². The number of hydrogen-bond donors (Lipinski definition) is 0. The van der Waals surface area contributed by atoms with Gasteiger partial charge in [-0.2, -0.15) is 4.98 Å². The van der Waals surface area contributed by atoms with Gasteiger partial charge in [0.05, 0.1) is 0 Å². The second kappa shape index (κ2) is 7.74. The summed E-state index contributed by atoms with van der Waals surface area (Å²) in [5.41, 5.74) is 5.47. The molecule has 5 nitrogen and oxygen atoms in total. The predicted molar refractivity (Wildman–Crippen MR) is 119 cm³/mol. The third-order valence-corrected chi connectivity index (χ3v) is 6.01. The van der Waals surface area contributed by atoms with Crippen LogP contribution in [0.15, 0.2) is 60.8 Å². The molecule has 3 aromatic rings. The Kier molecular flexibility index (Phi) is 4.80. The Bertz CT molecular complexity index is 994. The number of aryl methyl sites for hydroxylation is 1. The highest BCUT2D eigenvalue weighted by Gasteiger charge is 2.21. The highest BCUT2D eigenvalue weighted by Crippen LogP contribution is 2.24. The van der Waals surface area contributed by atoms with Gasteiger partial charge in [0.2, 0.25) is 5.95 Å². The molecule has 0 radical (unpaired) electrons. The third-order valence-electron chi connectivity index (χ3n) is 6.01. The number of aromatic nitrogens is 2. The van der Waals surface area contributed by atoms with E-state index < -0.39 is 0 Å². The molecule has 148 valence electrons. The fourth-order valence-electron chi connectivity index (χ4n) is 4.35. The van der Waals surface area contributed by atoms with Gasteiger partial charge in [-0.1, -0.05) is 36.4 Å². The molecule has 0 N–H and O–H groups in total. The lowest BCUT2D eigenvalue weighted by Crippen LogP contribution is -2.47. The average Bonchev–Trinajstić information content (AvgIpc) is 2.79. The molecule has 2 aromatic carbocycles. The normalized spacial score (nSPS) is 16.7. The molecule has 29 heavy (non-hydrogen) atoms. The van der Waals surface area contributed by atoms with E-state index in [-0.39, 0.29) is 0 Å². The van der Waals surface area contributed by atoms with Gasteiger partial charge in [0.25, 0.3) is 0 Å². The molecule has 0 aliphatic carbocycles. The van der Waals surface area contributed by atoms with Crippen molar-refractivity contribution in [1.29, 1.82) is 0 Å². The molecule has 1 fully saturated rings. The fourth-order valence-corrected chi connectivity index (χ4v) is 4.35. The number of benzene rings is 2. The molecule has 5 rings (SSSR count). The summed E-state index contributed by atoms with van der Waals surface area (Å²) in [6.45, 7) is 8.00. The van der Waals surface area contributed by atoms with Crippen LogP contribution in [0.2, 0.25) is 0 Å². The maximum absolute atomic E-state index is 4.93. The standard InChI is InChI=1S/C24H27N5/c1-19-5-4-8-22(17-19)27-13-15-28(16-14-27)23-9-11-25-24(26-23)29-12-10-20-6-2-3-7-21(20)18-29/h2-9,11,17H,10,12-16,18H2,1H3. The smallest absolute Gasteiger partial charge is 0.227 e. The fraction of sp³-hybridized carbons (Fsp3) is 0.333. The summed E-state index contributed by atoms with van der Waals surface area (Å²) in [4.78, 5) is 16.7. The van der Waals surface area contributed by atoms with Crippen LogP contribution in [-0.2, 0) is 13.0 Å². The minimum absolute atomic E-state index is 0.845. The summed E-state index contributed by atoms with van der Waals surface area (Å²) in [6.07, 6.45) is 2.96. The summed E-state index contributed by atoms with van der Waals surface area (Å²) >= 11 is 0. The summed E-state index contributed by atoms with van der Waals surface area (Å²) in [5, 5.41) is 0. The Labute approximate surface area is 172 Å². The Morgan fingerprint density at radius 1 is 0.759 bits per heavy atom. The van der Waals surface area contributed by atoms with Crippen molar-refractivity contribution in [2.45, 2.75) is 19.9 Å². The summed E-state index contributed by atoms with van der Waals surface area (Å²) in [5.74, 6) is 1.89. The van der Waals surface area contributed by atoms with E-state index in [4.69, 9.17) is 4.98 Å². The highest BCUT2D eigenvalue weighted by atomic mass is 15.3. The topological polar surface area (TPSA) is 35.5 Å². The van der Waals surface area contributed by atoms with Gasteiger partial charge in [-0.05, 0) is 48.2 Å². The lowest BCUT2D eigenvalue weighted by atomic mass is 10.0. The summed E-state index contributed by atoms with van der Waals surface area (Å²) < 4.78 is 0. The van der Waals surface area contributed by atoms with E-state index in [9.17, 15) is 0 Å². The van der Waals surface area contributed by atoms with Crippen molar-refractivity contribution in [3.05, 3.63) is 77.5 Å². The number of nitrogens with zero attached hydrogens (tertiary/aromatic N) is 5.